The van der Waals surface area contributed by atoms with E-state index < -0.39 is 0 Å². The van der Waals surface area contributed by atoms with Crippen LogP contribution in [0.1, 0.15) is 13.3 Å². The van der Waals surface area contributed by atoms with Gasteiger partial charge in [-0.2, -0.15) is 0 Å². The summed E-state index contributed by atoms with van der Waals surface area (Å²) in [5.41, 5.74) is -0.382. The average molecular weight is 243 g/mol. The molecule has 17 heavy (non-hydrogen) atoms. The van der Waals surface area contributed by atoms with E-state index in [2.05, 4.69) is 16.0 Å². The van der Waals surface area contributed by atoms with Gasteiger partial charge in [-0.05, 0) is 19.9 Å². The first-order valence-corrected chi connectivity index (χ1v) is 5.83. The highest BCUT2D eigenvalue weighted by atomic mass is 16.5. The van der Waals surface area contributed by atoms with Crippen LogP contribution in [0.3, 0.4) is 0 Å². The zero-order valence-corrected chi connectivity index (χ0v) is 10.5. The third kappa shape index (κ3) is 4.32. The fourth-order valence-electron chi connectivity index (χ4n) is 1.74. The summed E-state index contributed by atoms with van der Waals surface area (Å²) < 4.78 is 4.80. The number of hydrogen-bond donors (Lipinski definition) is 3. The van der Waals surface area contributed by atoms with Gasteiger partial charge in [-0.1, -0.05) is 0 Å². The lowest BCUT2D eigenvalue weighted by molar-refractivity contribution is -0.131. The Kier molecular flexibility index (Phi) is 5.37. The quantitative estimate of drug-likeness (QED) is 0.516. The van der Waals surface area contributed by atoms with Crippen molar-refractivity contribution in [3.8, 4) is 0 Å². The van der Waals surface area contributed by atoms with Crippen LogP contribution in [0.4, 0.5) is 0 Å². The SMILES string of the molecule is COCCNC(=O)CNC(=O)C1(C)CCNC1. The maximum atomic E-state index is 11.8. The first-order chi connectivity index (χ1) is 8.08. The standard InChI is InChI=1S/C11H21N3O3/c1-11(3-4-12-8-11)10(16)14-7-9(15)13-5-6-17-2/h12H,3-8H2,1-2H3,(H,13,15)(H,14,16). The Morgan fingerprint density at radius 1 is 1.41 bits per heavy atom. The third-order valence-electron chi connectivity index (χ3n) is 2.95. The van der Waals surface area contributed by atoms with E-state index in [9.17, 15) is 9.59 Å². The lowest BCUT2D eigenvalue weighted by Crippen LogP contribution is -2.45. The van der Waals surface area contributed by atoms with Gasteiger partial charge in [0.1, 0.15) is 0 Å². The van der Waals surface area contributed by atoms with Gasteiger partial charge in [-0.15, -0.1) is 0 Å². The number of amides is 2. The van der Waals surface area contributed by atoms with Gasteiger partial charge in [0.05, 0.1) is 18.6 Å². The fraction of sp³-hybridized carbons (Fsp3) is 0.818. The Balaban J connectivity index is 2.21. The van der Waals surface area contributed by atoms with E-state index in [0.717, 1.165) is 13.0 Å². The molecule has 1 atom stereocenters. The van der Waals surface area contributed by atoms with Gasteiger partial charge in [0, 0.05) is 20.2 Å². The number of nitrogens with one attached hydrogen (secondary N) is 3. The minimum absolute atomic E-state index is 0.0259. The molecule has 1 heterocycles. The summed E-state index contributed by atoms with van der Waals surface area (Å²) in [6.45, 7) is 4.39. The molecule has 6 heteroatoms. The van der Waals surface area contributed by atoms with Gasteiger partial charge < -0.3 is 20.7 Å². The highest BCUT2D eigenvalue weighted by molar-refractivity contribution is 5.88. The summed E-state index contributed by atoms with van der Waals surface area (Å²) in [6, 6.07) is 0. The van der Waals surface area contributed by atoms with Gasteiger partial charge in [0.2, 0.25) is 11.8 Å². The highest BCUT2D eigenvalue weighted by Gasteiger charge is 2.36. The summed E-state index contributed by atoms with van der Waals surface area (Å²) in [5, 5.41) is 8.45. The van der Waals surface area contributed by atoms with Crippen molar-refractivity contribution in [1.29, 1.82) is 0 Å². The second-order valence-corrected chi connectivity index (χ2v) is 4.51. The minimum atomic E-state index is -0.382. The van der Waals surface area contributed by atoms with E-state index in [1.165, 1.54) is 0 Å². The van der Waals surface area contributed by atoms with Crippen LogP contribution in [0.25, 0.3) is 0 Å². The van der Waals surface area contributed by atoms with Crippen LogP contribution in [-0.2, 0) is 14.3 Å². The molecule has 1 unspecified atom stereocenters. The summed E-state index contributed by atoms with van der Waals surface area (Å²) in [4.78, 5) is 23.2. The van der Waals surface area contributed by atoms with Gasteiger partial charge in [0.25, 0.3) is 0 Å². The molecule has 98 valence electrons. The smallest absolute Gasteiger partial charge is 0.239 e. The Morgan fingerprint density at radius 2 is 2.18 bits per heavy atom. The van der Waals surface area contributed by atoms with Crippen molar-refractivity contribution < 1.29 is 14.3 Å². The largest absolute Gasteiger partial charge is 0.383 e. The number of carbonyl (C=O) groups is 2. The zero-order chi connectivity index (χ0) is 12.7. The molecule has 0 spiro atoms. The summed E-state index contributed by atoms with van der Waals surface area (Å²) >= 11 is 0. The van der Waals surface area contributed by atoms with E-state index in [1.54, 1.807) is 7.11 Å². The predicted molar refractivity (Wildman–Crippen MR) is 63.5 cm³/mol. The lowest BCUT2D eigenvalue weighted by Gasteiger charge is -2.21. The molecule has 0 aliphatic carbocycles. The van der Waals surface area contributed by atoms with Gasteiger partial charge >= 0.3 is 0 Å². The minimum Gasteiger partial charge on any atom is -0.383 e. The van der Waals surface area contributed by atoms with Crippen LogP contribution < -0.4 is 16.0 Å². The molecule has 6 nitrogen and oxygen atoms in total. The molecule has 0 radical (unpaired) electrons. The zero-order valence-electron chi connectivity index (χ0n) is 10.5. The van der Waals surface area contributed by atoms with Gasteiger partial charge in [-0.3, -0.25) is 9.59 Å². The Bertz CT molecular complexity index is 275. The van der Waals surface area contributed by atoms with Crippen LogP contribution in [0, 0.1) is 5.41 Å². The van der Waals surface area contributed by atoms with Crippen LogP contribution in [-0.4, -0.2) is 51.7 Å². The van der Waals surface area contributed by atoms with Crippen molar-refractivity contribution in [1.82, 2.24) is 16.0 Å². The molecule has 3 N–H and O–H groups in total. The van der Waals surface area contributed by atoms with E-state index in [-0.39, 0.29) is 23.8 Å². The van der Waals surface area contributed by atoms with Crippen molar-refractivity contribution in [2.75, 3.05) is 39.9 Å². The summed E-state index contributed by atoms with van der Waals surface area (Å²) in [7, 11) is 1.57. The second-order valence-electron chi connectivity index (χ2n) is 4.51. The van der Waals surface area contributed by atoms with E-state index >= 15 is 0 Å². The molecule has 1 aliphatic heterocycles. The first-order valence-electron chi connectivity index (χ1n) is 5.83. The normalized spacial score (nSPS) is 23.4. The molecule has 0 aromatic heterocycles. The summed E-state index contributed by atoms with van der Waals surface area (Å²) in [5.74, 6) is -0.255. The molecule has 1 rings (SSSR count). The van der Waals surface area contributed by atoms with Crippen LogP contribution >= 0.6 is 0 Å². The Morgan fingerprint density at radius 3 is 2.76 bits per heavy atom. The molecule has 1 fully saturated rings. The van der Waals surface area contributed by atoms with Crippen molar-refractivity contribution in [3.05, 3.63) is 0 Å². The van der Waals surface area contributed by atoms with Crippen molar-refractivity contribution >= 4 is 11.8 Å². The summed E-state index contributed by atoms with van der Waals surface area (Å²) in [6.07, 6.45) is 0.810. The van der Waals surface area contributed by atoms with E-state index in [4.69, 9.17) is 4.74 Å². The number of carbonyl (C=O) groups excluding carboxylic acids is 2. The first kappa shape index (κ1) is 13.9. The second kappa shape index (κ2) is 6.56. The molecule has 0 aromatic carbocycles. The van der Waals surface area contributed by atoms with Crippen LogP contribution in [0.15, 0.2) is 0 Å². The van der Waals surface area contributed by atoms with Gasteiger partial charge in [0.15, 0.2) is 0 Å². The van der Waals surface area contributed by atoms with Crippen molar-refractivity contribution in [2.24, 2.45) is 5.41 Å². The number of ether oxygens (including phenoxy) is 1. The van der Waals surface area contributed by atoms with Crippen LogP contribution in [0.5, 0.6) is 0 Å². The fourth-order valence-corrected chi connectivity index (χ4v) is 1.74. The third-order valence-corrected chi connectivity index (χ3v) is 2.95. The number of hydrogen-bond acceptors (Lipinski definition) is 4. The lowest BCUT2D eigenvalue weighted by atomic mass is 9.89. The van der Waals surface area contributed by atoms with Gasteiger partial charge in [-0.25, -0.2) is 0 Å². The topological polar surface area (TPSA) is 79.5 Å². The van der Waals surface area contributed by atoms with E-state index in [1.807, 2.05) is 6.92 Å². The molecule has 0 saturated carbocycles. The molecule has 0 bridgehead atoms. The van der Waals surface area contributed by atoms with Crippen molar-refractivity contribution in [3.63, 3.8) is 0 Å². The molecular weight excluding hydrogens is 222 g/mol. The molecule has 1 aliphatic rings. The van der Waals surface area contributed by atoms with E-state index in [0.29, 0.717) is 19.7 Å². The number of methoxy groups -OCH3 is 1. The maximum Gasteiger partial charge on any atom is 0.239 e. The predicted octanol–water partition coefficient (Wildman–Crippen LogP) is -1.14. The van der Waals surface area contributed by atoms with Crippen molar-refractivity contribution in [2.45, 2.75) is 13.3 Å². The highest BCUT2D eigenvalue weighted by Crippen LogP contribution is 2.24. The average Bonchev–Trinajstić information content (AvgIpc) is 2.75. The molecule has 0 aromatic rings. The monoisotopic (exact) mass is 243 g/mol. The van der Waals surface area contributed by atoms with Crippen LogP contribution in [0.2, 0.25) is 0 Å². The maximum absolute atomic E-state index is 11.8. The Labute approximate surface area is 101 Å². The molecule has 1 saturated heterocycles. The molecule has 2 amide bonds. The molecular formula is C11H21N3O3. The Hall–Kier alpha value is -1.14. The number of rotatable bonds is 6.